The second kappa shape index (κ2) is 6.67. The molecule has 0 unspecified atom stereocenters. The van der Waals surface area contributed by atoms with Crippen LogP contribution in [-0.2, 0) is 0 Å². The van der Waals surface area contributed by atoms with Gasteiger partial charge in [0.2, 0.25) is 0 Å². The first kappa shape index (κ1) is 9.55. The van der Waals surface area contributed by atoms with E-state index in [0.717, 1.165) is 25.1 Å². The summed E-state index contributed by atoms with van der Waals surface area (Å²) in [5.74, 6) is 2.54. The monoisotopic (exact) mass is 157 g/mol. The summed E-state index contributed by atoms with van der Waals surface area (Å²) in [5.41, 5.74) is 2.70. The Hall–Kier alpha value is -0.450. The van der Waals surface area contributed by atoms with Crippen molar-refractivity contribution >= 4 is 11.6 Å². The van der Waals surface area contributed by atoms with E-state index in [-0.39, 0.29) is 0 Å². The maximum Gasteiger partial charge on any atom is 0.0212 e. The van der Waals surface area contributed by atoms with Gasteiger partial charge in [0.05, 0.1) is 0 Å². The lowest BCUT2D eigenvalue weighted by molar-refractivity contribution is 0.746. The van der Waals surface area contributed by atoms with Crippen LogP contribution in [0.2, 0.25) is 0 Å². The van der Waals surface area contributed by atoms with Crippen LogP contribution in [0.25, 0.3) is 0 Å². The number of hydrogen-bond donors (Lipinski definition) is 1. The highest BCUT2D eigenvalue weighted by Gasteiger charge is 1.85. The van der Waals surface area contributed by atoms with Crippen molar-refractivity contribution in [1.29, 1.82) is 0 Å². The van der Waals surface area contributed by atoms with Crippen molar-refractivity contribution in [1.82, 2.24) is 5.32 Å². The summed E-state index contributed by atoms with van der Waals surface area (Å²) in [6.07, 6.45) is 5.82. The molecule has 0 aromatic rings. The minimum absolute atomic E-state index is 0.773. The molecule has 0 aromatic carbocycles. The maximum atomic E-state index is 5.42. The van der Waals surface area contributed by atoms with Gasteiger partial charge in [0.25, 0.3) is 0 Å². The van der Waals surface area contributed by atoms with Crippen molar-refractivity contribution in [2.45, 2.75) is 13.3 Å². The van der Waals surface area contributed by atoms with Crippen molar-refractivity contribution in [3.63, 3.8) is 0 Å². The standard InChI is InChI=1S/C8H12ClN/c1-3-4-5-10-7-8(2)6-9/h1,6,10H,4-5,7H2,2H3/b8-6+. The van der Waals surface area contributed by atoms with Gasteiger partial charge in [-0.15, -0.1) is 12.3 Å². The van der Waals surface area contributed by atoms with E-state index < -0.39 is 0 Å². The molecule has 1 N–H and O–H groups in total. The molecule has 0 aliphatic heterocycles. The molecule has 0 aromatic heterocycles. The molecule has 0 bridgehead atoms. The van der Waals surface area contributed by atoms with Gasteiger partial charge >= 0.3 is 0 Å². The number of halogens is 1. The lowest BCUT2D eigenvalue weighted by Gasteiger charge is -1.99. The summed E-state index contributed by atoms with van der Waals surface area (Å²) >= 11 is 5.42. The fourth-order valence-corrected chi connectivity index (χ4v) is 0.562. The Labute approximate surface area is 67.5 Å². The quantitative estimate of drug-likeness (QED) is 0.484. The summed E-state index contributed by atoms with van der Waals surface area (Å²) in [6, 6.07) is 0. The van der Waals surface area contributed by atoms with Gasteiger partial charge in [-0.25, -0.2) is 0 Å². The number of terminal acetylenes is 1. The number of hydrogen-bond acceptors (Lipinski definition) is 1. The third kappa shape index (κ3) is 5.68. The van der Waals surface area contributed by atoms with Crippen LogP contribution in [0.4, 0.5) is 0 Å². The summed E-state index contributed by atoms with van der Waals surface area (Å²) in [7, 11) is 0. The third-order valence-corrected chi connectivity index (χ3v) is 1.41. The molecule has 0 amide bonds. The zero-order valence-electron chi connectivity index (χ0n) is 6.15. The highest BCUT2D eigenvalue weighted by Crippen LogP contribution is 1.91. The molecule has 0 atom stereocenters. The maximum absolute atomic E-state index is 5.42. The average molecular weight is 158 g/mol. The second-order valence-corrected chi connectivity index (χ2v) is 2.30. The smallest absolute Gasteiger partial charge is 0.0212 e. The summed E-state index contributed by atoms with van der Waals surface area (Å²) < 4.78 is 0. The van der Waals surface area contributed by atoms with Crippen molar-refractivity contribution < 1.29 is 0 Å². The van der Waals surface area contributed by atoms with Gasteiger partial charge in [-0.3, -0.25) is 0 Å². The molecule has 2 heteroatoms. The topological polar surface area (TPSA) is 12.0 Å². The predicted molar refractivity (Wildman–Crippen MR) is 45.9 cm³/mol. The van der Waals surface area contributed by atoms with Crippen molar-refractivity contribution in [3.8, 4) is 12.3 Å². The van der Waals surface area contributed by atoms with Gasteiger partial charge < -0.3 is 5.32 Å². The molecule has 56 valence electrons. The zero-order chi connectivity index (χ0) is 7.82. The van der Waals surface area contributed by atoms with E-state index in [0.29, 0.717) is 0 Å². The third-order valence-electron chi connectivity index (χ3n) is 1.04. The molecule has 0 saturated carbocycles. The van der Waals surface area contributed by atoms with Crippen molar-refractivity contribution in [2.24, 2.45) is 0 Å². The van der Waals surface area contributed by atoms with Crippen LogP contribution in [0, 0.1) is 12.3 Å². The second-order valence-electron chi connectivity index (χ2n) is 2.09. The van der Waals surface area contributed by atoms with Crippen LogP contribution in [-0.4, -0.2) is 13.1 Å². The minimum Gasteiger partial charge on any atom is -0.312 e. The van der Waals surface area contributed by atoms with Crippen molar-refractivity contribution in [3.05, 3.63) is 11.1 Å². The highest BCUT2D eigenvalue weighted by atomic mass is 35.5. The fraction of sp³-hybridized carbons (Fsp3) is 0.500. The molecule has 0 radical (unpaired) electrons. The number of rotatable bonds is 4. The Morgan fingerprint density at radius 1 is 1.80 bits per heavy atom. The largest absolute Gasteiger partial charge is 0.312 e. The molecule has 10 heavy (non-hydrogen) atoms. The number of nitrogens with one attached hydrogen (secondary N) is 1. The molecule has 0 aliphatic rings. The van der Waals surface area contributed by atoms with Gasteiger partial charge in [-0.05, 0) is 12.5 Å². The molecule has 0 aliphatic carbocycles. The van der Waals surface area contributed by atoms with E-state index in [1.165, 1.54) is 0 Å². The SMILES string of the molecule is C#CCCNC/C(C)=C/Cl. The Bertz CT molecular complexity index is 144. The van der Waals surface area contributed by atoms with Gasteiger partial charge in [0.15, 0.2) is 0 Å². The van der Waals surface area contributed by atoms with E-state index in [1.807, 2.05) is 6.92 Å². The molecule has 0 rings (SSSR count). The van der Waals surface area contributed by atoms with Crippen LogP contribution < -0.4 is 5.32 Å². The molecular formula is C8H12ClN. The fourth-order valence-electron chi connectivity index (χ4n) is 0.485. The molecule has 0 fully saturated rings. The minimum atomic E-state index is 0.773. The molecule has 0 spiro atoms. The molecule has 1 nitrogen and oxygen atoms in total. The van der Waals surface area contributed by atoms with E-state index >= 15 is 0 Å². The predicted octanol–water partition coefficient (Wildman–Crippen LogP) is 1.74. The highest BCUT2D eigenvalue weighted by molar-refractivity contribution is 6.25. The molecular weight excluding hydrogens is 146 g/mol. The summed E-state index contributed by atoms with van der Waals surface area (Å²) in [4.78, 5) is 0. The van der Waals surface area contributed by atoms with Gasteiger partial charge in [-0.1, -0.05) is 11.6 Å². The Kier molecular flexibility index (Phi) is 6.37. The van der Waals surface area contributed by atoms with Crippen LogP contribution in [0.3, 0.4) is 0 Å². The normalized spacial score (nSPS) is 11.1. The van der Waals surface area contributed by atoms with Crippen molar-refractivity contribution in [2.75, 3.05) is 13.1 Å². The Balaban J connectivity index is 3.14. The van der Waals surface area contributed by atoms with Crippen LogP contribution in [0.1, 0.15) is 13.3 Å². The van der Waals surface area contributed by atoms with Crippen LogP contribution in [0.5, 0.6) is 0 Å². The van der Waals surface area contributed by atoms with E-state index in [9.17, 15) is 0 Å². The Morgan fingerprint density at radius 3 is 3.00 bits per heavy atom. The first-order valence-electron chi connectivity index (χ1n) is 3.21. The first-order valence-corrected chi connectivity index (χ1v) is 3.65. The van der Waals surface area contributed by atoms with E-state index in [2.05, 4.69) is 11.2 Å². The lowest BCUT2D eigenvalue weighted by atomic mass is 10.3. The average Bonchev–Trinajstić information content (AvgIpc) is 1.98. The first-order chi connectivity index (χ1) is 4.81. The van der Waals surface area contributed by atoms with Gasteiger partial charge in [0, 0.05) is 25.0 Å². The zero-order valence-corrected chi connectivity index (χ0v) is 6.91. The summed E-state index contributed by atoms with van der Waals surface area (Å²) in [6.45, 7) is 3.65. The van der Waals surface area contributed by atoms with E-state index in [4.69, 9.17) is 18.0 Å². The lowest BCUT2D eigenvalue weighted by Crippen LogP contribution is -2.16. The molecule has 0 saturated heterocycles. The Morgan fingerprint density at radius 2 is 2.50 bits per heavy atom. The van der Waals surface area contributed by atoms with Crippen LogP contribution in [0.15, 0.2) is 11.1 Å². The molecule has 0 heterocycles. The van der Waals surface area contributed by atoms with Gasteiger partial charge in [0.1, 0.15) is 0 Å². The van der Waals surface area contributed by atoms with Crippen LogP contribution >= 0.6 is 11.6 Å². The van der Waals surface area contributed by atoms with E-state index in [1.54, 1.807) is 5.54 Å². The van der Waals surface area contributed by atoms with Gasteiger partial charge in [-0.2, -0.15) is 0 Å². The summed E-state index contributed by atoms with van der Waals surface area (Å²) in [5, 5.41) is 3.14.